The zero-order valence-electron chi connectivity index (χ0n) is 2.47. The van der Waals surface area contributed by atoms with Crippen LogP contribution in [-0.2, 0) is 4.57 Å². The molecule has 0 rings (SSSR count). The van der Waals surface area contributed by atoms with Crippen LogP contribution in [0.15, 0.2) is 0 Å². The zero-order chi connectivity index (χ0) is 4.12. The predicted molar refractivity (Wildman–Crippen MR) is 30.4 cm³/mol. The molecular weight excluding hydrogens is 123 g/mol. The van der Waals surface area contributed by atoms with Crippen LogP contribution >= 0.6 is 31.7 Å². The first-order chi connectivity index (χ1) is 2.41. The van der Waals surface area contributed by atoms with Gasteiger partial charge in [-0.15, -0.1) is 0 Å². The van der Waals surface area contributed by atoms with Crippen molar-refractivity contribution >= 4 is 31.7 Å². The molecule has 0 bridgehead atoms. The molecule has 4 heteroatoms. The smallest absolute Gasteiger partial charge is 0.164 e. The molecule has 0 aromatic rings. The first kappa shape index (κ1) is 5.80. The molecule has 0 aliphatic rings. The quantitative estimate of drug-likeness (QED) is 0.344. The average Bonchev–Trinajstić information content (AvgIpc) is 1.41. The van der Waals surface area contributed by atoms with Gasteiger partial charge in [0.05, 0.1) is 5.08 Å². The van der Waals surface area contributed by atoms with E-state index in [2.05, 4.69) is 12.6 Å². The number of thiol groups is 1. The van der Waals surface area contributed by atoms with Gasteiger partial charge in [-0.1, -0.05) is 4.57 Å². The van der Waals surface area contributed by atoms with Crippen LogP contribution in [0.3, 0.4) is 0 Å². The first-order valence-corrected chi connectivity index (χ1v) is 4.26. The third-order valence-corrected chi connectivity index (χ3v) is 2.27. The van der Waals surface area contributed by atoms with E-state index < -0.39 is 0 Å². The lowest BCUT2D eigenvalue weighted by molar-refractivity contribution is 0.605. The van der Waals surface area contributed by atoms with Crippen LogP contribution in [0.25, 0.3) is 0 Å². The highest BCUT2D eigenvalue weighted by atomic mass is 32.7. The summed E-state index contributed by atoms with van der Waals surface area (Å²) in [7, 11) is -0.252. The van der Waals surface area contributed by atoms with E-state index in [0.29, 0.717) is 5.08 Å². The summed E-state index contributed by atoms with van der Waals surface area (Å²) in [5, 5.41) is 0.655. The molecule has 0 fully saturated rings. The molecule has 1 nitrogen and oxygen atoms in total. The van der Waals surface area contributed by atoms with E-state index in [0.717, 1.165) is 0 Å². The van der Waals surface area contributed by atoms with Gasteiger partial charge < -0.3 is 0 Å². The Bertz CT molecular complexity index is 30.8. The molecule has 0 spiro atoms. The summed E-state index contributed by atoms with van der Waals surface area (Å²) in [6.45, 7) is 0. The van der Waals surface area contributed by atoms with Crippen molar-refractivity contribution in [1.29, 1.82) is 0 Å². The van der Waals surface area contributed by atoms with Gasteiger partial charge in [-0.2, -0.15) is 12.6 Å². The molecule has 1 atom stereocenters. The third kappa shape index (κ3) is 4.80. The lowest BCUT2D eigenvalue weighted by Crippen LogP contribution is -1.37. The maximum Gasteiger partial charge on any atom is 0.397 e. The molecule has 5 heavy (non-hydrogen) atoms. The summed E-state index contributed by atoms with van der Waals surface area (Å²) in [5.41, 5.74) is 0. The van der Waals surface area contributed by atoms with Crippen LogP contribution in [-0.4, -0.2) is 5.08 Å². The zero-order valence-corrected chi connectivity index (χ0v) is 5.18. The Balaban J connectivity index is 2.40. The van der Waals surface area contributed by atoms with Crippen LogP contribution in [0.5, 0.6) is 0 Å². The van der Waals surface area contributed by atoms with Gasteiger partial charge in [0.2, 0.25) is 0 Å². The fourth-order valence-electron chi connectivity index (χ4n) is 0.0264. The van der Waals surface area contributed by atoms with Crippen molar-refractivity contribution in [2.24, 2.45) is 0 Å². The van der Waals surface area contributed by atoms with E-state index in [-0.39, 0.29) is 7.66 Å². The second-order valence-corrected chi connectivity index (χ2v) is 3.21. The van der Waals surface area contributed by atoms with Crippen molar-refractivity contribution in [3.8, 4) is 0 Å². The minimum absolute atomic E-state index is 0.252. The Morgan fingerprint density at radius 1 is 2.00 bits per heavy atom. The normalized spacial score (nSPS) is 9.00. The van der Waals surface area contributed by atoms with Crippen LogP contribution in [0, 0.1) is 0 Å². The number of hydrogen-bond acceptors (Lipinski definition) is 3. The standard InChI is InChI=1S/CH3OPS2/c2-3-5-1-4/h4H,1H2/p+1. The lowest BCUT2D eigenvalue weighted by Gasteiger charge is -1.56. The summed E-state index contributed by atoms with van der Waals surface area (Å²) in [5.74, 6) is 0. The van der Waals surface area contributed by atoms with Crippen molar-refractivity contribution in [2.45, 2.75) is 0 Å². The van der Waals surface area contributed by atoms with Gasteiger partial charge in [-0.05, 0) is 0 Å². The van der Waals surface area contributed by atoms with Crippen LogP contribution in [0.4, 0.5) is 0 Å². The number of hydrogen-bond donors (Lipinski definition) is 1. The maximum atomic E-state index is 9.47. The molecule has 30 valence electrons. The molecule has 0 aromatic carbocycles. The van der Waals surface area contributed by atoms with E-state index >= 15 is 0 Å². The lowest BCUT2D eigenvalue weighted by atomic mass is 11.9. The first-order valence-electron chi connectivity index (χ1n) is 1.01. The van der Waals surface area contributed by atoms with Gasteiger partial charge in [0.25, 0.3) is 0 Å². The van der Waals surface area contributed by atoms with Gasteiger partial charge >= 0.3 is 7.66 Å². The summed E-state index contributed by atoms with van der Waals surface area (Å²) < 4.78 is 9.47. The second-order valence-electron chi connectivity index (χ2n) is 0.357. The van der Waals surface area contributed by atoms with Gasteiger partial charge in [0, 0.05) is 0 Å². The Hall–Kier alpha value is 0.800. The van der Waals surface area contributed by atoms with Gasteiger partial charge in [-0.25, -0.2) is 0 Å². The molecule has 0 heterocycles. The van der Waals surface area contributed by atoms with E-state index in [1.807, 2.05) is 0 Å². The fraction of sp³-hybridized carbons (Fsp3) is 1.00. The minimum Gasteiger partial charge on any atom is -0.164 e. The Morgan fingerprint density at radius 2 is 2.60 bits per heavy atom. The van der Waals surface area contributed by atoms with Crippen molar-refractivity contribution in [2.75, 3.05) is 5.08 Å². The highest BCUT2D eigenvalue weighted by Crippen LogP contribution is 2.16. The maximum absolute atomic E-state index is 9.47. The summed E-state index contributed by atoms with van der Waals surface area (Å²) in [6, 6.07) is 0. The van der Waals surface area contributed by atoms with Crippen LogP contribution < -0.4 is 0 Å². The molecule has 0 saturated heterocycles. The SMILES string of the molecule is O=[PH+]SCS. The van der Waals surface area contributed by atoms with Crippen LogP contribution in [0.2, 0.25) is 0 Å². The Morgan fingerprint density at radius 3 is 2.60 bits per heavy atom. The summed E-state index contributed by atoms with van der Waals surface area (Å²) in [6.07, 6.45) is 0. The molecule has 1 unspecified atom stereocenters. The predicted octanol–water partition coefficient (Wildman–Crippen LogP) is 1.55. The molecule has 0 radical (unpaired) electrons. The molecule has 0 saturated carbocycles. The van der Waals surface area contributed by atoms with Crippen LogP contribution in [0.1, 0.15) is 0 Å². The van der Waals surface area contributed by atoms with E-state index in [1.165, 1.54) is 11.4 Å². The average molecular weight is 127 g/mol. The molecule has 0 aliphatic heterocycles. The van der Waals surface area contributed by atoms with Gasteiger partial charge in [0.15, 0.2) is 0 Å². The Labute approximate surface area is 41.9 Å². The Kier molecular flexibility index (Phi) is 5.57. The van der Waals surface area contributed by atoms with Crippen molar-refractivity contribution in [3.63, 3.8) is 0 Å². The monoisotopic (exact) mass is 127 g/mol. The largest absolute Gasteiger partial charge is 0.397 e. The molecule has 0 N–H and O–H groups in total. The number of rotatable bonds is 2. The van der Waals surface area contributed by atoms with Gasteiger partial charge in [-0.3, -0.25) is 0 Å². The fourth-order valence-corrected chi connectivity index (χ4v) is 0.712. The molecule has 0 amide bonds. The minimum atomic E-state index is -0.252. The second kappa shape index (κ2) is 4.80. The van der Waals surface area contributed by atoms with E-state index in [1.54, 1.807) is 0 Å². The summed E-state index contributed by atoms with van der Waals surface area (Å²) >= 11 is 5.07. The van der Waals surface area contributed by atoms with Crippen molar-refractivity contribution < 1.29 is 4.57 Å². The van der Waals surface area contributed by atoms with Crippen molar-refractivity contribution in [3.05, 3.63) is 0 Å². The summed E-state index contributed by atoms with van der Waals surface area (Å²) in [4.78, 5) is 0. The topological polar surface area (TPSA) is 17.1 Å². The molecule has 0 aromatic heterocycles. The highest BCUT2D eigenvalue weighted by Gasteiger charge is 1.82. The third-order valence-electron chi connectivity index (χ3n) is 0.123. The highest BCUT2D eigenvalue weighted by molar-refractivity contribution is 8.48. The van der Waals surface area contributed by atoms with Crippen molar-refractivity contribution in [1.82, 2.24) is 0 Å². The van der Waals surface area contributed by atoms with Gasteiger partial charge in [0.1, 0.15) is 11.4 Å². The van der Waals surface area contributed by atoms with E-state index in [4.69, 9.17) is 0 Å². The van der Waals surface area contributed by atoms with E-state index in [9.17, 15) is 4.57 Å². The molecular formula is CH4OPS2+. The molecule has 0 aliphatic carbocycles.